The minimum absolute atomic E-state index is 0.0179. The molecule has 4 heteroatoms. The highest BCUT2D eigenvalue weighted by atomic mass is 19.4. The number of rotatable bonds is 5. The van der Waals surface area contributed by atoms with Crippen LogP contribution in [0.15, 0.2) is 24.3 Å². The minimum Gasteiger partial charge on any atom is -0.314 e. The summed E-state index contributed by atoms with van der Waals surface area (Å²) in [6, 6.07) is 5.86. The van der Waals surface area contributed by atoms with E-state index in [0.717, 1.165) is 30.7 Å². The van der Waals surface area contributed by atoms with Gasteiger partial charge in [0.1, 0.15) is 0 Å². The molecule has 0 aliphatic rings. The molecular weight excluding hydrogens is 251 g/mol. The molecule has 0 aliphatic carbocycles. The molecule has 1 aromatic rings. The number of hydrogen-bond donors (Lipinski definition) is 1. The zero-order chi connectivity index (χ0) is 14.7. The van der Waals surface area contributed by atoms with Gasteiger partial charge in [-0.2, -0.15) is 13.2 Å². The van der Waals surface area contributed by atoms with Crippen molar-refractivity contribution in [3.8, 4) is 0 Å². The van der Waals surface area contributed by atoms with E-state index in [1.807, 2.05) is 0 Å². The van der Waals surface area contributed by atoms with Crippen molar-refractivity contribution in [1.29, 1.82) is 0 Å². The van der Waals surface area contributed by atoms with Gasteiger partial charge in [-0.05, 0) is 29.5 Å². The molecule has 19 heavy (non-hydrogen) atoms. The highest BCUT2D eigenvalue weighted by Gasteiger charge is 2.30. The van der Waals surface area contributed by atoms with Crippen LogP contribution >= 0.6 is 0 Å². The Labute approximate surface area is 113 Å². The Morgan fingerprint density at radius 2 is 1.58 bits per heavy atom. The van der Waals surface area contributed by atoms with Crippen molar-refractivity contribution < 1.29 is 13.2 Å². The molecule has 0 aromatic heterocycles. The van der Waals surface area contributed by atoms with Gasteiger partial charge < -0.3 is 5.32 Å². The lowest BCUT2D eigenvalue weighted by atomic mass is 9.85. The van der Waals surface area contributed by atoms with Gasteiger partial charge in [-0.15, -0.1) is 0 Å². The molecule has 0 amide bonds. The van der Waals surface area contributed by atoms with Gasteiger partial charge in [0.15, 0.2) is 0 Å². The number of hydrogen-bond acceptors (Lipinski definition) is 1. The first-order valence-electron chi connectivity index (χ1n) is 6.50. The normalized spacial score (nSPS) is 13.1. The first kappa shape index (κ1) is 16.0. The van der Waals surface area contributed by atoms with Crippen LogP contribution in [0.25, 0.3) is 0 Å². The Balaban J connectivity index is 2.67. The minimum atomic E-state index is -4.26. The van der Waals surface area contributed by atoms with Crippen LogP contribution in [0.5, 0.6) is 0 Å². The SMILES string of the molecule is CC(C)NCC(C)(C)Cc1ccc(C(F)(F)F)cc1. The van der Waals surface area contributed by atoms with Crippen LogP contribution in [0.1, 0.15) is 38.8 Å². The van der Waals surface area contributed by atoms with Crippen molar-refractivity contribution in [1.82, 2.24) is 5.32 Å². The van der Waals surface area contributed by atoms with Crippen molar-refractivity contribution in [2.75, 3.05) is 6.54 Å². The van der Waals surface area contributed by atoms with Crippen molar-refractivity contribution in [3.63, 3.8) is 0 Å². The van der Waals surface area contributed by atoms with E-state index in [-0.39, 0.29) is 5.41 Å². The van der Waals surface area contributed by atoms with Gasteiger partial charge in [-0.25, -0.2) is 0 Å². The maximum absolute atomic E-state index is 12.5. The Bertz CT molecular complexity index is 391. The maximum Gasteiger partial charge on any atom is 0.416 e. The maximum atomic E-state index is 12.5. The smallest absolute Gasteiger partial charge is 0.314 e. The van der Waals surface area contributed by atoms with E-state index in [0.29, 0.717) is 6.04 Å². The summed E-state index contributed by atoms with van der Waals surface area (Å²) in [6.07, 6.45) is -3.50. The Morgan fingerprint density at radius 1 is 1.05 bits per heavy atom. The van der Waals surface area contributed by atoms with Crippen LogP contribution in [-0.2, 0) is 12.6 Å². The number of benzene rings is 1. The largest absolute Gasteiger partial charge is 0.416 e. The molecule has 0 bridgehead atoms. The fourth-order valence-electron chi connectivity index (χ4n) is 1.91. The number of nitrogens with one attached hydrogen (secondary N) is 1. The molecule has 108 valence electrons. The van der Waals surface area contributed by atoms with Crippen molar-refractivity contribution in [3.05, 3.63) is 35.4 Å². The van der Waals surface area contributed by atoms with E-state index in [9.17, 15) is 13.2 Å². The molecule has 0 spiro atoms. The third-order valence-electron chi connectivity index (χ3n) is 2.95. The first-order valence-corrected chi connectivity index (χ1v) is 6.50. The van der Waals surface area contributed by atoms with Crippen molar-refractivity contribution in [2.45, 2.75) is 46.3 Å². The predicted octanol–water partition coefficient (Wildman–Crippen LogP) is 4.27. The van der Waals surface area contributed by atoms with Crippen LogP contribution in [0, 0.1) is 5.41 Å². The summed E-state index contributed by atoms with van der Waals surface area (Å²) in [5.74, 6) is 0. The predicted molar refractivity (Wildman–Crippen MR) is 72.1 cm³/mol. The molecule has 0 radical (unpaired) electrons. The average Bonchev–Trinajstić information content (AvgIpc) is 2.25. The zero-order valence-corrected chi connectivity index (χ0v) is 11.9. The van der Waals surface area contributed by atoms with Gasteiger partial charge in [-0.1, -0.05) is 39.8 Å². The Morgan fingerprint density at radius 3 is 2.00 bits per heavy atom. The van der Waals surface area contributed by atoms with Crippen LogP contribution < -0.4 is 5.32 Å². The summed E-state index contributed by atoms with van der Waals surface area (Å²) in [5.41, 5.74) is 0.363. The van der Waals surface area contributed by atoms with E-state index in [1.54, 1.807) is 12.1 Å². The van der Waals surface area contributed by atoms with E-state index in [1.165, 1.54) is 0 Å². The number of halogens is 3. The van der Waals surface area contributed by atoms with Crippen LogP contribution in [0.2, 0.25) is 0 Å². The quantitative estimate of drug-likeness (QED) is 0.844. The molecule has 1 aromatic carbocycles. The van der Waals surface area contributed by atoms with Gasteiger partial charge >= 0.3 is 6.18 Å². The molecule has 0 aliphatic heterocycles. The molecule has 0 saturated carbocycles. The van der Waals surface area contributed by atoms with Crippen molar-refractivity contribution in [2.24, 2.45) is 5.41 Å². The highest BCUT2D eigenvalue weighted by Crippen LogP contribution is 2.30. The molecule has 1 nitrogen and oxygen atoms in total. The third-order valence-corrected chi connectivity index (χ3v) is 2.95. The molecule has 1 N–H and O–H groups in total. The summed E-state index contributed by atoms with van der Waals surface area (Å²) < 4.78 is 37.4. The van der Waals surface area contributed by atoms with E-state index < -0.39 is 11.7 Å². The molecular formula is C15H22F3N. The molecule has 0 unspecified atom stereocenters. The number of alkyl halides is 3. The lowest BCUT2D eigenvalue weighted by Crippen LogP contribution is -2.35. The topological polar surface area (TPSA) is 12.0 Å². The van der Waals surface area contributed by atoms with Crippen LogP contribution in [0.4, 0.5) is 13.2 Å². The summed E-state index contributed by atoms with van der Waals surface area (Å²) in [5, 5.41) is 3.36. The van der Waals surface area contributed by atoms with Gasteiger partial charge in [0.25, 0.3) is 0 Å². The van der Waals surface area contributed by atoms with Gasteiger partial charge in [0.05, 0.1) is 5.56 Å². The average molecular weight is 273 g/mol. The summed E-state index contributed by atoms with van der Waals surface area (Å²) in [4.78, 5) is 0. The van der Waals surface area contributed by atoms with Gasteiger partial charge in [0, 0.05) is 12.6 Å². The van der Waals surface area contributed by atoms with Crippen LogP contribution in [0.3, 0.4) is 0 Å². The lowest BCUT2D eigenvalue weighted by Gasteiger charge is -2.26. The Kier molecular flexibility index (Phi) is 5.02. The van der Waals surface area contributed by atoms with Gasteiger partial charge in [0.2, 0.25) is 0 Å². The zero-order valence-electron chi connectivity index (χ0n) is 11.9. The second-order valence-corrected chi connectivity index (χ2v) is 6.07. The summed E-state index contributed by atoms with van der Waals surface area (Å²) in [6.45, 7) is 9.22. The molecule has 0 fully saturated rings. The first-order chi connectivity index (χ1) is 8.60. The third kappa shape index (κ3) is 5.64. The highest BCUT2D eigenvalue weighted by molar-refractivity contribution is 5.25. The summed E-state index contributed by atoms with van der Waals surface area (Å²) >= 11 is 0. The molecule has 0 atom stereocenters. The van der Waals surface area contributed by atoms with Gasteiger partial charge in [-0.3, -0.25) is 0 Å². The fraction of sp³-hybridized carbons (Fsp3) is 0.600. The van der Waals surface area contributed by atoms with Crippen LogP contribution in [-0.4, -0.2) is 12.6 Å². The van der Waals surface area contributed by atoms with E-state index in [2.05, 4.69) is 33.0 Å². The second-order valence-electron chi connectivity index (χ2n) is 6.07. The molecule has 0 saturated heterocycles. The van der Waals surface area contributed by atoms with E-state index >= 15 is 0 Å². The van der Waals surface area contributed by atoms with Crippen molar-refractivity contribution >= 4 is 0 Å². The second kappa shape index (κ2) is 5.95. The molecule has 0 heterocycles. The Hall–Kier alpha value is -1.03. The van der Waals surface area contributed by atoms with E-state index in [4.69, 9.17) is 0 Å². The standard InChI is InChI=1S/C15H22F3N/c1-11(2)19-10-14(3,4)9-12-5-7-13(8-6-12)15(16,17)18/h5-8,11,19H,9-10H2,1-4H3. The summed E-state index contributed by atoms with van der Waals surface area (Å²) in [7, 11) is 0. The fourth-order valence-corrected chi connectivity index (χ4v) is 1.91. The monoisotopic (exact) mass is 273 g/mol. The molecule has 1 rings (SSSR count). The lowest BCUT2D eigenvalue weighted by molar-refractivity contribution is -0.137.